The van der Waals surface area contributed by atoms with Crippen LogP contribution in [0.3, 0.4) is 0 Å². The molecule has 0 unspecified atom stereocenters. The van der Waals surface area contributed by atoms with Gasteiger partial charge in [-0.25, -0.2) is 14.2 Å². The lowest BCUT2D eigenvalue weighted by Crippen LogP contribution is -2.61. The maximum atomic E-state index is 14.5. The number of phenolic OH excluding ortho intramolecular Hbond substituents is 1. The summed E-state index contributed by atoms with van der Waals surface area (Å²) >= 11 is 0. The number of phosphoric ester groups is 1. The number of ketones is 1. The van der Waals surface area contributed by atoms with Crippen LogP contribution in [0.5, 0.6) is 5.75 Å². The van der Waals surface area contributed by atoms with Crippen LogP contribution < -0.4 is 71.5 Å². The van der Waals surface area contributed by atoms with Crippen molar-refractivity contribution >= 4 is 83.8 Å². The van der Waals surface area contributed by atoms with Crippen LogP contribution in [0.15, 0.2) is 84.6 Å². The van der Waals surface area contributed by atoms with Crippen LogP contribution in [0.2, 0.25) is 0 Å². The highest BCUT2D eigenvalue weighted by Gasteiger charge is 2.39. The highest BCUT2D eigenvalue weighted by molar-refractivity contribution is 7.46. The van der Waals surface area contributed by atoms with Crippen molar-refractivity contribution in [3.63, 3.8) is 0 Å². The van der Waals surface area contributed by atoms with Gasteiger partial charge in [0.15, 0.2) is 17.2 Å². The van der Waals surface area contributed by atoms with Crippen molar-refractivity contribution < 1.29 is 96.4 Å². The average Bonchev–Trinajstić information content (AvgIpc) is 1.17. The number of H-pyrrole nitrogens is 1. The number of aliphatic carboxylic acids is 1. The normalized spacial score (nSPS) is 16.5. The fourth-order valence-corrected chi connectivity index (χ4v) is 11.5. The SMILES string of the molecule is CC[C@H](C)[C@H](NC(=O)[C@H](CC(C)C)NC(=O)c1ccc(C(=O)O)c(-c2c3ccc(=O)cc-3oc3cc(O)ccc23)c1)C(=O)N[C@@H](CC(N)=O)C(=O)N[C@@H](CCCCN)C(=O)N[C@@H](CCC(=O)O)C(=O)N[C@@H](CCCN=C(N)N)C(=O)Cc1cn([C@H]2C[C@H](O)[C@@H](COP(=O)(O)O)O2)c(=O)[nH]c1=O. The van der Waals surface area contributed by atoms with Crippen molar-refractivity contribution in [2.24, 2.45) is 39.8 Å². The van der Waals surface area contributed by atoms with Crippen LogP contribution in [0.25, 0.3) is 33.4 Å². The first-order valence-corrected chi connectivity index (χ1v) is 33.7. The quantitative estimate of drug-likeness (QED) is 0.00735. The standard InChI is InChI=1S/C64H84N13O23P/c1-5-31(4)54(75-60(90)43(21-30(2)3)73-55(85)32-11-14-36(62(92)93)39(22-32)53-37-15-12-34(78)24-47(37)99-48-25-35(79)13-16-38(48)53)61(91)74-44(26-50(66)82)59(89)71-41(9-6-7-19-65)57(87)72-42(17-18-52(83)84)58(88)70-40(10-8-20-69-63(67)68)45(80)23-33-28-77(64(94)76-56(33)86)51-27-46(81)49(100-51)29-98-101(95,96)97/h11-16,22,24-25,28,30-31,40-44,46,49,51,54,78,81H,5-10,17-21,23,26-27,29,65H2,1-4H3,(H2,66,82)(H,70,88)(H,71,89)(H,72,87)(H,73,85)(H,74,91)(H,75,90)(H,83,84)(H,92,93)(H4,67,68,69)(H,76,86,94)(H2,95,96,97)/t31-,40-,41-,42-,43-,44-,46-,49+,51+,54-/m0/s1. The summed E-state index contributed by atoms with van der Waals surface area (Å²) < 4.78 is 28.1. The van der Waals surface area contributed by atoms with Gasteiger partial charge < -0.3 is 94.2 Å². The van der Waals surface area contributed by atoms with Gasteiger partial charge >= 0.3 is 25.5 Å². The molecular formula is C64H84N13O23P. The molecule has 0 bridgehead atoms. The number of benzene rings is 3. The number of phosphoric acid groups is 1. The molecule has 36 nitrogen and oxygen atoms in total. The van der Waals surface area contributed by atoms with E-state index in [2.05, 4.69) is 41.4 Å². The molecule has 0 spiro atoms. The van der Waals surface area contributed by atoms with Crippen LogP contribution in [-0.4, -0.2) is 173 Å². The number of unbranched alkanes of at least 4 members (excludes halogenated alkanes) is 1. The van der Waals surface area contributed by atoms with E-state index >= 15 is 0 Å². The number of carbonyl (C=O) groups is 10. The van der Waals surface area contributed by atoms with Gasteiger partial charge in [-0.05, 0) is 111 Å². The number of hydrogen-bond donors (Lipinski definition) is 17. The molecule has 548 valence electrons. The summed E-state index contributed by atoms with van der Waals surface area (Å²) in [5.41, 5.74) is 19.6. The summed E-state index contributed by atoms with van der Waals surface area (Å²) in [4.78, 5) is 201. The van der Waals surface area contributed by atoms with Crippen LogP contribution in [0.4, 0.5) is 0 Å². The zero-order chi connectivity index (χ0) is 74.7. The Morgan fingerprint density at radius 1 is 0.762 bits per heavy atom. The lowest BCUT2D eigenvalue weighted by molar-refractivity contribution is -0.139. The Morgan fingerprint density at radius 3 is 2.03 bits per heavy atom. The summed E-state index contributed by atoms with van der Waals surface area (Å²) in [6, 6.07) is 1.86. The average molecular weight is 1430 g/mol. The molecule has 7 amide bonds. The van der Waals surface area contributed by atoms with Crippen LogP contribution in [-0.2, 0) is 58.6 Å². The number of hydrogen-bond acceptors (Lipinski definition) is 21. The number of aliphatic imine (C=N–C) groups is 1. The van der Waals surface area contributed by atoms with E-state index in [-0.39, 0.29) is 127 Å². The van der Waals surface area contributed by atoms with Crippen LogP contribution >= 0.6 is 7.82 Å². The van der Waals surface area contributed by atoms with E-state index in [1.54, 1.807) is 27.7 Å². The van der Waals surface area contributed by atoms with Crippen molar-refractivity contribution in [2.75, 3.05) is 19.7 Å². The molecule has 3 aliphatic rings. The number of aliphatic hydroxyl groups excluding tert-OH is 1. The van der Waals surface area contributed by atoms with E-state index < -0.39 is 176 Å². The van der Waals surface area contributed by atoms with Gasteiger partial charge in [-0.2, -0.15) is 0 Å². The number of aromatic carboxylic acids is 1. The third-order valence-electron chi connectivity index (χ3n) is 16.5. The number of aromatic nitrogens is 2. The lowest BCUT2D eigenvalue weighted by atomic mass is 9.89. The topological polar surface area (TPSA) is 601 Å². The second-order valence-electron chi connectivity index (χ2n) is 24.7. The predicted molar refractivity (Wildman–Crippen MR) is 359 cm³/mol. The molecule has 101 heavy (non-hydrogen) atoms. The molecule has 37 heteroatoms. The number of rotatable bonds is 38. The first-order valence-electron chi connectivity index (χ1n) is 32.1. The zero-order valence-electron chi connectivity index (χ0n) is 55.5. The molecule has 1 aliphatic carbocycles. The number of nitrogens with one attached hydrogen (secondary N) is 7. The van der Waals surface area contributed by atoms with Crippen molar-refractivity contribution in [1.29, 1.82) is 0 Å². The van der Waals surface area contributed by atoms with Crippen LogP contribution in [0.1, 0.15) is 131 Å². The number of aromatic amines is 1. The Hall–Kier alpha value is -10.2. The van der Waals surface area contributed by atoms with Gasteiger partial charge in [-0.3, -0.25) is 71.8 Å². The van der Waals surface area contributed by atoms with E-state index in [1.807, 2.05) is 4.98 Å². The number of primary amides is 1. The minimum Gasteiger partial charge on any atom is -0.508 e. The van der Waals surface area contributed by atoms with E-state index in [4.69, 9.17) is 41.9 Å². The third kappa shape index (κ3) is 22.9. The smallest absolute Gasteiger partial charge is 0.469 e. The molecule has 2 aromatic carbocycles. The molecule has 3 aromatic rings. The number of carboxylic acid groups (broad SMARTS) is 2. The fourth-order valence-electron chi connectivity index (χ4n) is 11.1. The molecule has 1 aromatic heterocycles. The van der Waals surface area contributed by atoms with Gasteiger partial charge in [0.1, 0.15) is 59.6 Å². The number of nitrogens with two attached hydrogens (primary N) is 4. The van der Waals surface area contributed by atoms with Crippen molar-refractivity contribution in [3.05, 3.63) is 109 Å². The summed E-state index contributed by atoms with van der Waals surface area (Å²) in [6.07, 6.45) is -6.50. The number of Topliss-reactive ketones (excluding diaryl/α,β-unsaturated/α-hetero) is 1. The Labute approximate surface area is 575 Å². The first-order chi connectivity index (χ1) is 47.6. The minimum absolute atomic E-state index is 0.00291. The van der Waals surface area contributed by atoms with Gasteiger partial charge in [0, 0.05) is 71.8 Å². The Morgan fingerprint density at radius 2 is 1.41 bits per heavy atom. The van der Waals surface area contributed by atoms with E-state index in [0.29, 0.717) is 5.39 Å². The van der Waals surface area contributed by atoms with Gasteiger partial charge in [0.05, 0.1) is 30.7 Å². The molecule has 3 heterocycles. The third-order valence-corrected chi connectivity index (χ3v) is 16.9. The predicted octanol–water partition coefficient (Wildman–Crippen LogP) is -1.07. The number of phenols is 1. The summed E-state index contributed by atoms with van der Waals surface area (Å²) in [5.74, 6) is -12.6. The lowest BCUT2D eigenvalue weighted by Gasteiger charge is -2.29. The summed E-state index contributed by atoms with van der Waals surface area (Å²) in [5, 5.41) is 56.5. The Bertz CT molecular complexity index is 4130. The van der Waals surface area contributed by atoms with Crippen LogP contribution in [0, 0.1) is 11.8 Å². The number of aromatic hydroxyl groups is 1. The van der Waals surface area contributed by atoms with Crippen molar-refractivity contribution in [2.45, 2.75) is 159 Å². The maximum absolute atomic E-state index is 14.5. The number of fused-ring (bicyclic) bond motifs is 2. The first kappa shape index (κ1) is 79.8. The highest BCUT2D eigenvalue weighted by atomic mass is 31.2. The van der Waals surface area contributed by atoms with Crippen molar-refractivity contribution in [1.82, 2.24) is 41.5 Å². The molecule has 0 saturated carbocycles. The van der Waals surface area contributed by atoms with E-state index in [1.165, 1.54) is 54.6 Å². The number of guanidine groups is 1. The van der Waals surface area contributed by atoms with E-state index in [9.17, 15) is 87.3 Å². The highest BCUT2D eigenvalue weighted by Crippen LogP contribution is 2.43. The van der Waals surface area contributed by atoms with Gasteiger partial charge in [-0.15, -0.1) is 0 Å². The number of ether oxygens (including phenoxy) is 1. The van der Waals surface area contributed by atoms with Gasteiger partial charge in [0.25, 0.3) is 11.5 Å². The molecule has 0 radical (unpaired) electrons. The summed E-state index contributed by atoms with van der Waals surface area (Å²) in [6.45, 7) is 5.95. The molecule has 1 saturated heterocycles. The van der Waals surface area contributed by atoms with Gasteiger partial charge in [-0.1, -0.05) is 34.1 Å². The zero-order valence-corrected chi connectivity index (χ0v) is 56.4. The monoisotopic (exact) mass is 1430 g/mol. The number of carboxylic acids is 2. The maximum Gasteiger partial charge on any atom is 0.469 e. The second-order valence-corrected chi connectivity index (χ2v) is 25.9. The van der Waals surface area contributed by atoms with E-state index in [0.717, 1.165) is 10.8 Å². The Kier molecular flexibility index (Phi) is 28.6. The van der Waals surface area contributed by atoms with Gasteiger partial charge in [0.2, 0.25) is 35.4 Å². The second kappa shape index (κ2) is 36.2. The summed E-state index contributed by atoms with van der Waals surface area (Å²) in [7, 11) is -5.01. The largest absolute Gasteiger partial charge is 0.508 e. The number of carbonyl (C=O) groups excluding carboxylic acids is 8. The molecule has 1 fully saturated rings. The minimum atomic E-state index is -5.01. The van der Waals surface area contributed by atoms with Crippen molar-refractivity contribution in [3.8, 4) is 28.2 Å². The molecule has 6 rings (SSSR count). The molecule has 2 aliphatic heterocycles. The number of nitrogens with zero attached hydrogens (tertiary/aromatic N) is 2. The fraction of sp³-hybridized carbons (Fsp3) is 0.469. The Balaban J connectivity index is 1.22. The molecular weight excluding hydrogens is 1350 g/mol. The molecule has 21 N–H and O–H groups in total. The molecule has 10 atom stereocenters. The number of amides is 7. The number of aliphatic hydroxyl groups is 1.